The second kappa shape index (κ2) is 9.44. The number of aliphatic hydroxyl groups is 1. The molecule has 4 nitrogen and oxygen atoms in total. The summed E-state index contributed by atoms with van der Waals surface area (Å²) in [5.41, 5.74) is 4.49. The van der Waals surface area contributed by atoms with Crippen molar-refractivity contribution in [2.45, 2.75) is 65.9 Å². The topological polar surface area (TPSA) is 41.9 Å². The highest BCUT2D eigenvalue weighted by atomic mass is 16.5. The third-order valence-electron chi connectivity index (χ3n) is 5.30. The molecule has 3 rings (SSSR count). The van der Waals surface area contributed by atoms with Crippen molar-refractivity contribution in [2.24, 2.45) is 0 Å². The first-order chi connectivity index (χ1) is 13.5. The summed E-state index contributed by atoms with van der Waals surface area (Å²) in [6, 6.07) is 12.3. The Morgan fingerprint density at radius 2 is 1.75 bits per heavy atom. The zero-order chi connectivity index (χ0) is 20.1. The Balaban J connectivity index is 1.60. The Hall–Kier alpha value is -2.04. The van der Waals surface area contributed by atoms with Crippen LogP contribution in [0.2, 0.25) is 0 Å². The highest BCUT2D eigenvalue weighted by Gasteiger charge is 2.22. The molecule has 1 fully saturated rings. The molecule has 0 unspecified atom stereocenters. The van der Waals surface area contributed by atoms with Gasteiger partial charge < -0.3 is 14.6 Å². The van der Waals surface area contributed by atoms with Gasteiger partial charge in [-0.25, -0.2) is 0 Å². The summed E-state index contributed by atoms with van der Waals surface area (Å²) in [5, 5.41) is 9.42. The van der Waals surface area contributed by atoms with Crippen LogP contribution in [0.3, 0.4) is 0 Å². The van der Waals surface area contributed by atoms with E-state index in [4.69, 9.17) is 9.47 Å². The van der Waals surface area contributed by atoms with E-state index in [9.17, 15) is 5.11 Å². The fourth-order valence-corrected chi connectivity index (χ4v) is 3.77. The Bertz CT molecular complexity index is 759. The first-order valence-electron chi connectivity index (χ1n) is 10.3. The highest BCUT2D eigenvalue weighted by molar-refractivity contribution is 5.40. The van der Waals surface area contributed by atoms with Crippen molar-refractivity contribution in [2.75, 3.05) is 13.1 Å². The molecule has 0 aromatic heterocycles. The van der Waals surface area contributed by atoms with Gasteiger partial charge in [0.25, 0.3) is 0 Å². The molecule has 1 heterocycles. The Morgan fingerprint density at radius 3 is 2.36 bits per heavy atom. The van der Waals surface area contributed by atoms with Gasteiger partial charge in [-0.15, -0.1) is 0 Å². The maximum atomic E-state index is 9.42. The van der Waals surface area contributed by atoms with Crippen LogP contribution in [-0.2, 0) is 13.2 Å². The molecule has 0 atom stereocenters. The van der Waals surface area contributed by atoms with Gasteiger partial charge in [-0.05, 0) is 63.3 Å². The fraction of sp³-hybridized carbons (Fsp3) is 0.500. The SMILES string of the molecule is Cc1cccc(C)c1OC1CCN(Cc2ccc(CO)cc2OC(C)C)CC1. The molecule has 4 heteroatoms. The quantitative estimate of drug-likeness (QED) is 0.757. The molecule has 0 bridgehead atoms. The van der Waals surface area contributed by atoms with Crippen molar-refractivity contribution in [3.63, 3.8) is 0 Å². The second-order valence-electron chi connectivity index (χ2n) is 8.08. The van der Waals surface area contributed by atoms with Gasteiger partial charge in [-0.1, -0.05) is 30.3 Å². The molecule has 1 N–H and O–H groups in total. The minimum atomic E-state index is 0.0375. The van der Waals surface area contributed by atoms with Crippen LogP contribution < -0.4 is 9.47 Å². The van der Waals surface area contributed by atoms with Gasteiger partial charge in [0.1, 0.15) is 17.6 Å². The van der Waals surface area contributed by atoms with Crippen molar-refractivity contribution in [3.8, 4) is 11.5 Å². The average molecular weight is 384 g/mol. The lowest BCUT2D eigenvalue weighted by Gasteiger charge is -2.33. The number of hydrogen-bond acceptors (Lipinski definition) is 4. The van der Waals surface area contributed by atoms with Gasteiger partial charge in [0.2, 0.25) is 0 Å². The maximum absolute atomic E-state index is 9.42. The van der Waals surface area contributed by atoms with Crippen LogP contribution in [0.25, 0.3) is 0 Å². The van der Waals surface area contributed by atoms with Crippen molar-refractivity contribution >= 4 is 0 Å². The number of benzene rings is 2. The predicted molar refractivity (Wildman–Crippen MR) is 113 cm³/mol. The minimum absolute atomic E-state index is 0.0375. The third-order valence-corrected chi connectivity index (χ3v) is 5.30. The fourth-order valence-electron chi connectivity index (χ4n) is 3.77. The smallest absolute Gasteiger partial charge is 0.125 e. The maximum Gasteiger partial charge on any atom is 0.125 e. The molecule has 0 radical (unpaired) electrons. The molecule has 1 aliphatic rings. The van der Waals surface area contributed by atoms with Gasteiger partial charge in [0.15, 0.2) is 0 Å². The van der Waals surface area contributed by atoms with Crippen molar-refractivity contribution < 1.29 is 14.6 Å². The lowest BCUT2D eigenvalue weighted by molar-refractivity contribution is 0.0948. The number of nitrogens with zero attached hydrogens (tertiary/aromatic N) is 1. The zero-order valence-electron chi connectivity index (χ0n) is 17.6. The second-order valence-corrected chi connectivity index (χ2v) is 8.08. The Morgan fingerprint density at radius 1 is 1.07 bits per heavy atom. The molecule has 1 aliphatic heterocycles. The summed E-state index contributed by atoms with van der Waals surface area (Å²) in [4.78, 5) is 2.46. The van der Waals surface area contributed by atoms with Crippen LogP contribution in [0.4, 0.5) is 0 Å². The summed E-state index contributed by atoms with van der Waals surface area (Å²) in [5.74, 6) is 1.93. The van der Waals surface area contributed by atoms with Crippen molar-refractivity contribution in [3.05, 3.63) is 58.7 Å². The third kappa shape index (κ3) is 5.27. The molecule has 28 heavy (non-hydrogen) atoms. The van der Waals surface area contributed by atoms with Crippen LogP contribution in [0, 0.1) is 13.8 Å². The van der Waals surface area contributed by atoms with Gasteiger partial charge in [-0.3, -0.25) is 4.90 Å². The van der Waals surface area contributed by atoms with Crippen LogP contribution in [-0.4, -0.2) is 35.3 Å². The summed E-state index contributed by atoms with van der Waals surface area (Å²) in [6.45, 7) is 11.2. The van der Waals surface area contributed by atoms with Crippen LogP contribution in [0.5, 0.6) is 11.5 Å². The van der Waals surface area contributed by atoms with E-state index in [2.05, 4.69) is 43.0 Å². The number of likely N-dealkylation sites (tertiary alicyclic amines) is 1. The zero-order valence-corrected chi connectivity index (χ0v) is 17.6. The first-order valence-corrected chi connectivity index (χ1v) is 10.3. The number of rotatable bonds is 7. The molecule has 2 aromatic rings. The molecule has 0 amide bonds. The van der Waals surface area contributed by atoms with Gasteiger partial charge >= 0.3 is 0 Å². The highest BCUT2D eigenvalue weighted by Crippen LogP contribution is 2.28. The summed E-state index contributed by atoms with van der Waals surface area (Å²) < 4.78 is 12.3. The monoisotopic (exact) mass is 383 g/mol. The van der Waals surface area contributed by atoms with Crippen molar-refractivity contribution in [1.82, 2.24) is 4.90 Å². The van der Waals surface area contributed by atoms with Crippen LogP contribution >= 0.6 is 0 Å². The van der Waals surface area contributed by atoms with Gasteiger partial charge in [0, 0.05) is 25.2 Å². The average Bonchev–Trinajstić information content (AvgIpc) is 2.67. The summed E-state index contributed by atoms with van der Waals surface area (Å²) >= 11 is 0. The first kappa shape index (κ1) is 20.7. The Kier molecular flexibility index (Phi) is 6.97. The van der Waals surface area contributed by atoms with E-state index in [1.165, 1.54) is 16.7 Å². The molecule has 152 valence electrons. The number of hydrogen-bond donors (Lipinski definition) is 1. The number of piperidine rings is 1. The Labute approximate surface area is 169 Å². The lowest BCUT2D eigenvalue weighted by atomic mass is 10.0. The standard InChI is InChI=1S/C24H33NO3/c1-17(2)27-23-14-20(16-26)8-9-21(23)15-25-12-10-22(11-13-25)28-24-18(3)6-5-7-19(24)4/h5-9,14,17,22,26H,10-13,15-16H2,1-4H3. The summed E-state index contributed by atoms with van der Waals surface area (Å²) in [7, 11) is 0. The molecule has 2 aromatic carbocycles. The normalized spacial score (nSPS) is 15.8. The van der Waals surface area contributed by atoms with Crippen LogP contribution in [0.15, 0.2) is 36.4 Å². The lowest BCUT2D eigenvalue weighted by Crippen LogP contribution is -2.38. The number of aliphatic hydroxyl groups excluding tert-OH is 1. The van der Waals surface area contributed by atoms with E-state index in [1.54, 1.807) is 0 Å². The van der Waals surface area contributed by atoms with E-state index in [-0.39, 0.29) is 18.8 Å². The van der Waals surface area contributed by atoms with E-state index < -0.39 is 0 Å². The van der Waals surface area contributed by atoms with Crippen LogP contribution in [0.1, 0.15) is 48.9 Å². The van der Waals surface area contributed by atoms with Crippen molar-refractivity contribution in [1.29, 1.82) is 0 Å². The summed E-state index contributed by atoms with van der Waals surface area (Å²) in [6.07, 6.45) is 2.45. The number of aryl methyl sites for hydroxylation is 2. The van der Waals surface area contributed by atoms with E-state index in [0.29, 0.717) is 0 Å². The largest absolute Gasteiger partial charge is 0.491 e. The van der Waals surface area contributed by atoms with Gasteiger partial charge in [0.05, 0.1) is 12.7 Å². The number of para-hydroxylation sites is 1. The van der Waals surface area contributed by atoms with Gasteiger partial charge in [-0.2, -0.15) is 0 Å². The van der Waals surface area contributed by atoms with E-state index in [0.717, 1.165) is 49.5 Å². The predicted octanol–water partition coefficient (Wildman–Crippen LogP) is 4.63. The number of ether oxygens (including phenoxy) is 2. The molecule has 1 saturated heterocycles. The molecular weight excluding hydrogens is 350 g/mol. The van der Waals surface area contributed by atoms with E-state index >= 15 is 0 Å². The molecule has 0 saturated carbocycles. The minimum Gasteiger partial charge on any atom is -0.491 e. The molecule has 0 spiro atoms. The molecule has 0 aliphatic carbocycles. The molecular formula is C24H33NO3. The van der Waals surface area contributed by atoms with E-state index in [1.807, 2.05) is 26.0 Å².